The number of thiophene rings is 1. The zero-order valence-electron chi connectivity index (χ0n) is 11.0. The molecule has 0 fully saturated rings. The molecule has 0 aliphatic heterocycles. The number of carbonyl (C=O) groups is 2. The number of methoxy groups -OCH3 is 1. The van der Waals surface area contributed by atoms with Crippen molar-refractivity contribution in [3.05, 3.63) is 54.6 Å². The first-order valence-electron chi connectivity index (χ1n) is 5.91. The molecule has 1 N–H and O–H groups in total. The van der Waals surface area contributed by atoms with Gasteiger partial charge in [-0.05, 0) is 55.6 Å². The molecule has 0 saturated heterocycles. The summed E-state index contributed by atoms with van der Waals surface area (Å²) in [5.74, 6) is -0.512. The second-order valence-electron chi connectivity index (χ2n) is 4.10. The lowest BCUT2D eigenvalue weighted by Crippen LogP contribution is -2.21. The Kier molecular flexibility index (Phi) is 5.55. The Hall–Kier alpha value is -1.18. The maximum absolute atomic E-state index is 12.0. The van der Waals surface area contributed by atoms with E-state index in [9.17, 15) is 9.59 Å². The van der Waals surface area contributed by atoms with E-state index in [4.69, 9.17) is 0 Å². The van der Waals surface area contributed by atoms with Crippen molar-refractivity contribution >= 4 is 55.1 Å². The van der Waals surface area contributed by atoms with E-state index in [0.717, 1.165) is 13.8 Å². The van der Waals surface area contributed by atoms with Crippen LogP contribution in [0.1, 0.15) is 25.6 Å². The van der Waals surface area contributed by atoms with Gasteiger partial charge >= 0.3 is 5.97 Å². The van der Waals surface area contributed by atoms with Gasteiger partial charge in [0.15, 0.2) is 0 Å². The molecule has 0 unspecified atom stereocenters. The van der Waals surface area contributed by atoms with Crippen molar-refractivity contribution in [2.75, 3.05) is 7.11 Å². The van der Waals surface area contributed by atoms with Crippen molar-refractivity contribution < 1.29 is 14.3 Å². The highest BCUT2D eigenvalue weighted by molar-refractivity contribution is 9.13. The molecule has 7 heteroatoms. The minimum absolute atomic E-state index is 0.136. The van der Waals surface area contributed by atoms with E-state index in [2.05, 4.69) is 41.9 Å². The maximum Gasteiger partial charge on any atom is 0.337 e. The molecule has 0 aliphatic carbocycles. The first-order chi connectivity index (χ1) is 10.0. The maximum atomic E-state index is 12.0. The van der Waals surface area contributed by atoms with Crippen LogP contribution in [0.15, 0.2) is 38.6 Å². The van der Waals surface area contributed by atoms with Gasteiger partial charge in [-0.25, -0.2) is 4.79 Å². The monoisotopic (exact) mass is 431 g/mol. The van der Waals surface area contributed by atoms with Crippen LogP contribution in [0.25, 0.3) is 0 Å². The fraction of sp³-hybridized carbons (Fsp3) is 0.143. The zero-order chi connectivity index (χ0) is 15.4. The Labute approximate surface area is 142 Å². The Morgan fingerprint density at radius 3 is 2.43 bits per heavy atom. The molecule has 1 aromatic heterocycles. The van der Waals surface area contributed by atoms with E-state index in [0.29, 0.717) is 17.0 Å². The van der Waals surface area contributed by atoms with Gasteiger partial charge in [-0.1, -0.05) is 12.1 Å². The van der Waals surface area contributed by atoms with Crippen LogP contribution in [0.3, 0.4) is 0 Å². The van der Waals surface area contributed by atoms with Gasteiger partial charge in [0.25, 0.3) is 5.91 Å². The number of hydrogen-bond donors (Lipinski definition) is 1. The van der Waals surface area contributed by atoms with Crippen LogP contribution >= 0.6 is 43.2 Å². The largest absolute Gasteiger partial charge is 0.465 e. The number of benzene rings is 1. The number of carbonyl (C=O) groups excluding carboxylic acids is 2. The van der Waals surface area contributed by atoms with E-state index in [1.807, 2.05) is 0 Å². The number of esters is 1. The van der Waals surface area contributed by atoms with Crippen LogP contribution in [-0.4, -0.2) is 19.0 Å². The lowest BCUT2D eigenvalue weighted by molar-refractivity contribution is 0.0600. The lowest BCUT2D eigenvalue weighted by Gasteiger charge is -2.05. The molecule has 21 heavy (non-hydrogen) atoms. The van der Waals surface area contributed by atoms with Crippen LogP contribution in [0, 0.1) is 0 Å². The molecule has 0 aliphatic rings. The highest BCUT2D eigenvalue weighted by Gasteiger charge is 2.12. The number of amides is 1. The summed E-state index contributed by atoms with van der Waals surface area (Å²) in [5, 5.41) is 2.83. The van der Waals surface area contributed by atoms with Crippen molar-refractivity contribution in [1.82, 2.24) is 5.32 Å². The first kappa shape index (κ1) is 16.2. The third-order valence-corrected chi connectivity index (χ3v) is 5.95. The quantitative estimate of drug-likeness (QED) is 0.743. The highest BCUT2D eigenvalue weighted by atomic mass is 79.9. The summed E-state index contributed by atoms with van der Waals surface area (Å²) in [7, 11) is 1.34. The second-order valence-corrected chi connectivity index (χ2v) is 7.33. The summed E-state index contributed by atoms with van der Waals surface area (Å²) in [6.07, 6.45) is 0. The fourth-order valence-corrected chi connectivity index (χ4v) is 3.56. The Balaban J connectivity index is 1.96. The third kappa shape index (κ3) is 4.15. The number of halogens is 2. The van der Waals surface area contributed by atoms with E-state index < -0.39 is 0 Å². The molecular formula is C14H11Br2NO3S. The van der Waals surface area contributed by atoms with Crippen molar-refractivity contribution in [2.24, 2.45) is 0 Å². The van der Waals surface area contributed by atoms with Gasteiger partial charge in [0, 0.05) is 11.0 Å². The topological polar surface area (TPSA) is 55.4 Å². The molecule has 1 amide bonds. The Morgan fingerprint density at radius 1 is 1.24 bits per heavy atom. The minimum Gasteiger partial charge on any atom is -0.465 e. The van der Waals surface area contributed by atoms with Crippen molar-refractivity contribution in [3.63, 3.8) is 0 Å². The Morgan fingerprint density at radius 2 is 1.90 bits per heavy atom. The molecule has 0 atom stereocenters. The molecule has 0 radical (unpaired) electrons. The van der Waals surface area contributed by atoms with Gasteiger partial charge < -0.3 is 10.1 Å². The Bertz CT molecular complexity index is 648. The summed E-state index contributed by atoms with van der Waals surface area (Å²) in [6.45, 7) is 0.396. The van der Waals surface area contributed by atoms with Crippen molar-refractivity contribution in [2.45, 2.75) is 6.54 Å². The summed E-state index contributed by atoms with van der Waals surface area (Å²) >= 11 is 8.07. The molecule has 4 nitrogen and oxygen atoms in total. The van der Waals surface area contributed by atoms with Gasteiger partial charge in [0.1, 0.15) is 0 Å². The number of ether oxygens (including phenoxy) is 1. The molecule has 1 aromatic carbocycles. The van der Waals surface area contributed by atoms with E-state index >= 15 is 0 Å². The van der Waals surface area contributed by atoms with Gasteiger partial charge in [-0.3, -0.25) is 4.79 Å². The number of hydrogen-bond acceptors (Lipinski definition) is 4. The van der Waals surface area contributed by atoms with Crippen LogP contribution in [0.5, 0.6) is 0 Å². The SMILES string of the molecule is COC(=O)c1ccc(CNC(=O)c2cc(Br)c(Br)s2)cc1. The van der Waals surface area contributed by atoms with Crippen LogP contribution in [-0.2, 0) is 11.3 Å². The standard InChI is InChI=1S/C14H11Br2NO3S/c1-20-14(19)9-4-2-8(3-5-9)7-17-13(18)11-6-10(15)12(16)21-11/h2-6H,7H2,1H3,(H,17,18). The average Bonchev–Trinajstić information content (AvgIpc) is 2.84. The van der Waals surface area contributed by atoms with E-state index in [1.54, 1.807) is 30.3 Å². The molecule has 1 heterocycles. The smallest absolute Gasteiger partial charge is 0.337 e. The fourth-order valence-electron chi connectivity index (χ4n) is 1.60. The molecule has 0 bridgehead atoms. The van der Waals surface area contributed by atoms with Crippen LogP contribution in [0.2, 0.25) is 0 Å². The summed E-state index contributed by atoms with van der Waals surface area (Å²) in [4.78, 5) is 23.9. The van der Waals surface area contributed by atoms with Gasteiger partial charge in [-0.2, -0.15) is 0 Å². The van der Waals surface area contributed by atoms with Crippen molar-refractivity contribution in [3.8, 4) is 0 Å². The van der Waals surface area contributed by atoms with Gasteiger partial charge in [-0.15, -0.1) is 11.3 Å². The highest BCUT2D eigenvalue weighted by Crippen LogP contribution is 2.32. The molecular weight excluding hydrogens is 422 g/mol. The van der Waals surface area contributed by atoms with Crippen LogP contribution < -0.4 is 5.32 Å². The van der Waals surface area contributed by atoms with Crippen molar-refractivity contribution in [1.29, 1.82) is 0 Å². The van der Waals surface area contributed by atoms with Gasteiger partial charge in [0.2, 0.25) is 0 Å². The average molecular weight is 433 g/mol. The molecule has 2 rings (SSSR count). The summed E-state index contributed by atoms with van der Waals surface area (Å²) in [6, 6.07) is 8.68. The minimum atomic E-state index is -0.376. The summed E-state index contributed by atoms with van der Waals surface area (Å²) in [5.41, 5.74) is 1.39. The number of rotatable bonds is 4. The second kappa shape index (κ2) is 7.20. The molecule has 2 aromatic rings. The molecule has 0 spiro atoms. The number of nitrogens with one attached hydrogen (secondary N) is 1. The third-order valence-electron chi connectivity index (χ3n) is 2.70. The van der Waals surface area contributed by atoms with Gasteiger partial charge in [0.05, 0.1) is 21.3 Å². The normalized spacial score (nSPS) is 10.2. The predicted octanol–water partition coefficient (Wildman–Crippen LogP) is 3.99. The first-order valence-corrected chi connectivity index (χ1v) is 8.32. The van der Waals surface area contributed by atoms with Crippen LogP contribution in [0.4, 0.5) is 0 Å². The molecule has 0 saturated carbocycles. The lowest BCUT2D eigenvalue weighted by atomic mass is 10.1. The zero-order valence-corrected chi connectivity index (χ0v) is 15.0. The predicted molar refractivity (Wildman–Crippen MR) is 88.7 cm³/mol. The molecule has 110 valence electrons. The van der Waals surface area contributed by atoms with E-state index in [1.165, 1.54) is 18.4 Å². The van der Waals surface area contributed by atoms with E-state index in [-0.39, 0.29) is 11.9 Å². The summed E-state index contributed by atoms with van der Waals surface area (Å²) < 4.78 is 6.38.